The van der Waals surface area contributed by atoms with E-state index in [0.717, 1.165) is 16.5 Å². The van der Waals surface area contributed by atoms with Crippen molar-refractivity contribution in [3.05, 3.63) is 70.9 Å². The summed E-state index contributed by atoms with van der Waals surface area (Å²) < 4.78 is 15.3. The van der Waals surface area contributed by atoms with Gasteiger partial charge in [-0.2, -0.15) is 0 Å². The minimum Gasteiger partial charge on any atom is -0.497 e. The maximum atomic E-state index is 12.3. The van der Waals surface area contributed by atoms with E-state index in [1.54, 1.807) is 31.4 Å². The Balaban J connectivity index is 1.90. The molecule has 6 heteroatoms. The lowest BCUT2D eigenvalue weighted by atomic mass is 10.0. The van der Waals surface area contributed by atoms with Gasteiger partial charge >= 0.3 is 11.9 Å². The molecular weight excluding hydrogens is 346 g/mol. The zero-order valence-corrected chi connectivity index (χ0v) is 15.3. The number of ether oxygens (including phenoxy) is 3. The molecule has 0 bridgehead atoms. The molecule has 0 aliphatic carbocycles. The van der Waals surface area contributed by atoms with Gasteiger partial charge in [0.2, 0.25) is 0 Å². The summed E-state index contributed by atoms with van der Waals surface area (Å²) in [5.41, 5.74) is 2.52. The number of fused-ring (bicyclic) bond motifs is 1. The number of aromatic nitrogens is 1. The van der Waals surface area contributed by atoms with Crippen LogP contribution in [0.3, 0.4) is 0 Å². The number of hydrogen-bond acceptors (Lipinski definition) is 6. The average molecular weight is 365 g/mol. The SMILES string of the molecule is COC(=O)c1c(COC(=O)c2ccc(OC)cc2)nc2ccccc2c1C. The first kappa shape index (κ1) is 18.4. The standard InChI is InChI=1S/C21H19NO5/c1-13-16-6-4-5-7-17(16)22-18(19(13)21(24)26-3)12-27-20(23)14-8-10-15(25-2)11-9-14/h4-11H,12H2,1-3H3. The molecule has 0 atom stereocenters. The van der Waals surface area contributed by atoms with E-state index in [1.165, 1.54) is 7.11 Å². The van der Waals surface area contributed by atoms with Crippen LogP contribution >= 0.6 is 0 Å². The summed E-state index contributed by atoms with van der Waals surface area (Å²) in [5.74, 6) is -0.381. The van der Waals surface area contributed by atoms with Crippen LogP contribution in [-0.2, 0) is 16.1 Å². The van der Waals surface area contributed by atoms with E-state index in [0.29, 0.717) is 22.6 Å². The van der Waals surface area contributed by atoms with Crippen molar-refractivity contribution in [2.45, 2.75) is 13.5 Å². The summed E-state index contributed by atoms with van der Waals surface area (Å²) >= 11 is 0. The second-order valence-electron chi connectivity index (χ2n) is 5.87. The lowest BCUT2D eigenvalue weighted by Crippen LogP contribution is -2.14. The third kappa shape index (κ3) is 3.74. The van der Waals surface area contributed by atoms with Gasteiger partial charge in [0.15, 0.2) is 0 Å². The number of carbonyl (C=O) groups is 2. The number of pyridine rings is 1. The molecule has 6 nitrogen and oxygen atoms in total. The summed E-state index contributed by atoms with van der Waals surface area (Å²) in [6, 6.07) is 14.0. The van der Waals surface area contributed by atoms with Crippen molar-refractivity contribution in [2.75, 3.05) is 14.2 Å². The number of nitrogens with zero attached hydrogens (tertiary/aromatic N) is 1. The number of carbonyl (C=O) groups excluding carboxylic acids is 2. The normalized spacial score (nSPS) is 10.5. The van der Waals surface area contributed by atoms with Crippen molar-refractivity contribution in [3.63, 3.8) is 0 Å². The molecule has 1 aromatic heterocycles. The van der Waals surface area contributed by atoms with Gasteiger partial charge in [0.05, 0.1) is 36.6 Å². The van der Waals surface area contributed by atoms with Gasteiger partial charge in [0.25, 0.3) is 0 Å². The van der Waals surface area contributed by atoms with E-state index < -0.39 is 11.9 Å². The Hall–Kier alpha value is -3.41. The zero-order valence-electron chi connectivity index (χ0n) is 15.3. The number of hydrogen-bond donors (Lipinski definition) is 0. The molecule has 2 aromatic carbocycles. The topological polar surface area (TPSA) is 74.7 Å². The fourth-order valence-electron chi connectivity index (χ4n) is 2.86. The second-order valence-corrected chi connectivity index (χ2v) is 5.87. The van der Waals surface area contributed by atoms with Crippen LogP contribution in [0.2, 0.25) is 0 Å². The van der Waals surface area contributed by atoms with Crippen LogP contribution in [0.4, 0.5) is 0 Å². The Morgan fingerprint density at radius 2 is 1.67 bits per heavy atom. The molecular formula is C21H19NO5. The third-order valence-electron chi connectivity index (χ3n) is 4.28. The Morgan fingerprint density at radius 3 is 2.33 bits per heavy atom. The van der Waals surface area contributed by atoms with Crippen LogP contribution < -0.4 is 4.74 Å². The van der Waals surface area contributed by atoms with Gasteiger partial charge in [-0.3, -0.25) is 0 Å². The lowest BCUT2D eigenvalue weighted by Gasteiger charge is -2.13. The minimum atomic E-state index is -0.513. The van der Waals surface area contributed by atoms with E-state index in [1.807, 2.05) is 31.2 Å². The summed E-state index contributed by atoms with van der Waals surface area (Å²) in [4.78, 5) is 29.1. The highest BCUT2D eigenvalue weighted by Crippen LogP contribution is 2.24. The van der Waals surface area contributed by atoms with Crippen LogP contribution in [-0.4, -0.2) is 31.1 Å². The molecule has 0 N–H and O–H groups in total. The maximum Gasteiger partial charge on any atom is 0.340 e. The molecule has 27 heavy (non-hydrogen) atoms. The highest BCUT2D eigenvalue weighted by molar-refractivity contribution is 5.98. The quantitative estimate of drug-likeness (QED) is 0.642. The third-order valence-corrected chi connectivity index (χ3v) is 4.28. The molecule has 0 fully saturated rings. The molecule has 0 saturated heterocycles. The van der Waals surface area contributed by atoms with Gasteiger partial charge in [-0.25, -0.2) is 14.6 Å². The smallest absolute Gasteiger partial charge is 0.340 e. The van der Waals surface area contributed by atoms with Crippen molar-refractivity contribution < 1.29 is 23.8 Å². The van der Waals surface area contributed by atoms with E-state index in [2.05, 4.69) is 4.98 Å². The number of para-hydroxylation sites is 1. The van der Waals surface area contributed by atoms with Crippen molar-refractivity contribution in [2.24, 2.45) is 0 Å². The minimum absolute atomic E-state index is 0.138. The molecule has 0 radical (unpaired) electrons. The predicted molar refractivity (Wildman–Crippen MR) is 99.9 cm³/mol. The summed E-state index contributed by atoms with van der Waals surface area (Å²) in [6.45, 7) is 1.69. The molecule has 3 aromatic rings. The van der Waals surface area contributed by atoms with E-state index in [9.17, 15) is 9.59 Å². The fraction of sp³-hybridized carbons (Fsp3) is 0.190. The van der Waals surface area contributed by atoms with E-state index in [4.69, 9.17) is 14.2 Å². The van der Waals surface area contributed by atoms with Crippen LogP contribution in [0, 0.1) is 6.92 Å². The number of aryl methyl sites for hydroxylation is 1. The van der Waals surface area contributed by atoms with Crippen molar-refractivity contribution >= 4 is 22.8 Å². The van der Waals surface area contributed by atoms with Gasteiger partial charge in [0, 0.05) is 5.39 Å². The Bertz CT molecular complexity index is 995. The molecule has 0 aliphatic heterocycles. The van der Waals surface area contributed by atoms with Gasteiger partial charge in [-0.15, -0.1) is 0 Å². The first-order valence-corrected chi connectivity index (χ1v) is 8.33. The number of rotatable bonds is 5. The van der Waals surface area contributed by atoms with Gasteiger partial charge in [0.1, 0.15) is 12.4 Å². The molecule has 0 aliphatic rings. The Morgan fingerprint density at radius 1 is 0.963 bits per heavy atom. The molecule has 1 heterocycles. The molecule has 0 amide bonds. The number of benzene rings is 2. The van der Waals surface area contributed by atoms with Crippen LogP contribution in [0.1, 0.15) is 32.0 Å². The molecule has 0 unspecified atom stereocenters. The van der Waals surface area contributed by atoms with Crippen molar-refractivity contribution in [1.82, 2.24) is 4.98 Å². The largest absolute Gasteiger partial charge is 0.497 e. The highest BCUT2D eigenvalue weighted by Gasteiger charge is 2.20. The van der Waals surface area contributed by atoms with E-state index in [-0.39, 0.29) is 6.61 Å². The van der Waals surface area contributed by atoms with Gasteiger partial charge in [-0.05, 0) is 42.8 Å². The van der Waals surface area contributed by atoms with Crippen LogP contribution in [0.5, 0.6) is 5.75 Å². The first-order valence-electron chi connectivity index (χ1n) is 8.33. The lowest BCUT2D eigenvalue weighted by molar-refractivity contribution is 0.0455. The van der Waals surface area contributed by atoms with Crippen LogP contribution in [0.25, 0.3) is 10.9 Å². The zero-order chi connectivity index (χ0) is 19.4. The summed E-state index contributed by atoms with van der Waals surface area (Å²) in [6.07, 6.45) is 0. The predicted octanol–water partition coefficient (Wildman–Crippen LogP) is 3.70. The highest BCUT2D eigenvalue weighted by atomic mass is 16.5. The molecule has 138 valence electrons. The Labute approximate surface area is 156 Å². The Kier molecular flexibility index (Phi) is 5.35. The monoisotopic (exact) mass is 365 g/mol. The molecule has 0 saturated carbocycles. The summed E-state index contributed by atoms with van der Waals surface area (Å²) in [7, 11) is 2.86. The van der Waals surface area contributed by atoms with Crippen molar-refractivity contribution in [1.29, 1.82) is 0 Å². The second kappa shape index (κ2) is 7.86. The van der Waals surface area contributed by atoms with Crippen molar-refractivity contribution in [3.8, 4) is 5.75 Å². The van der Waals surface area contributed by atoms with Crippen LogP contribution in [0.15, 0.2) is 48.5 Å². The maximum absolute atomic E-state index is 12.3. The fourth-order valence-corrected chi connectivity index (χ4v) is 2.86. The first-order chi connectivity index (χ1) is 13.0. The summed E-state index contributed by atoms with van der Waals surface area (Å²) in [5, 5.41) is 0.850. The molecule has 0 spiro atoms. The van der Waals surface area contributed by atoms with E-state index >= 15 is 0 Å². The average Bonchev–Trinajstić information content (AvgIpc) is 2.71. The number of methoxy groups -OCH3 is 2. The molecule has 3 rings (SSSR count). The number of esters is 2. The van der Waals surface area contributed by atoms with Gasteiger partial charge < -0.3 is 14.2 Å². The van der Waals surface area contributed by atoms with Gasteiger partial charge in [-0.1, -0.05) is 18.2 Å².